The molecule has 1 aliphatic carbocycles. The monoisotopic (exact) mass is 513 g/mol. The third kappa shape index (κ3) is 4.93. The number of carbonyl (C=O) groups excluding carboxylic acids is 1. The lowest BCUT2D eigenvalue weighted by Crippen LogP contribution is -2.18. The van der Waals surface area contributed by atoms with E-state index in [9.17, 15) is 10.1 Å². The minimum atomic E-state index is -0.132. The number of nitrogens with one attached hydrogen (secondary N) is 1. The Hall–Kier alpha value is -2.19. The van der Waals surface area contributed by atoms with Crippen LogP contribution in [0.4, 0.5) is 5.00 Å². The molecule has 1 N–H and O–H groups in total. The maximum Gasteiger partial charge on any atom is 0.235 e. The van der Waals surface area contributed by atoms with Gasteiger partial charge >= 0.3 is 0 Å². The zero-order chi connectivity index (χ0) is 23.7. The SMILES string of the molecule is Cc1cc(-c2nnc(SCC(=O)Nc3sc4c(c3C#N)CCC(C)C4)n2CC2CCCO2)cs1. The Morgan fingerprint density at radius 1 is 1.41 bits per heavy atom. The van der Waals surface area contributed by atoms with Crippen molar-refractivity contribution in [1.82, 2.24) is 14.8 Å². The lowest BCUT2D eigenvalue weighted by Gasteiger charge is -2.17. The normalized spacial score (nSPS) is 19.7. The summed E-state index contributed by atoms with van der Waals surface area (Å²) in [5.74, 6) is 1.51. The molecule has 34 heavy (non-hydrogen) atoms. The van der Waals surface area contributed by atoms with Crippen LogP contribution in [0.25, 0.3) is 11.4 Å². The molecule has 2 unspecified atom stereocenters. The van der Waals surface area contributed by atoms with Gasteiger partial charge in [0.15, 0.2) is 11.0 Å². The van der Waals surface area contributed by atoms with Crippen LogP contribution in [0, 0.1) is 24.2 Å². The van der Waals surface area contributed by atoms with E-state index in [1.54, 1.807) is 22.7 Å². The van der Waals surface area contributed by atoms with Crippen LogP contribution in [0.3, 0.4) is 0 Å². The topological polar surface area (TPSA) is 92.8 Å². The van der Waals surface area contributed by atoms with Crippen LogP contribution in [0.15, 0.2) is 16.6 Å². The van der Waals surface area contributed by atoms with E-state index in [4.69, 9.17) is 4.74 Å². The number of hydrogen-bond donors (Lipinski definition) is 1. The second-order valence-corrected chi connectivity index (χ2v) is 12.2. The summed E-state index contributed by atoms with van der Waals surface area (Å²) in [7, 11) is 0. The summed E-state index contributed by atoms with van der Waals surface area (Å²) in [5, 5.41) is 25.1. The molecule has 0 saturated carbocycles. The molecule has 0 aromatic carbocycles. The summed E-state index contributed by atoms with van der Waals surface area (Å²) in [4.78, 5) is 15.3. The van der Waals surface area contributed by atoms with Gasteiger partial charge in [0.25, 0.3) is 0 Å². The predicted octanol–water partition coefficient (Wildman–Crippen LogP) is 5.28. The van der Waals surface area contributed by atoms with E-state index in [1.165, 1.54) is 21.5 Å². The molecular weight excluding hydrogens is 486 g/mol. The van der Waals surface area contributed by atoms with Gasteiger partial charge in [-0.25, -0.2) is 0 Å². The van der Waals surface area contributed by atoms with Crippen LogP contribution in [0.2, 0.25) is 0 Å². The standard InChI is InChI=1S/C24H27N5O2S3/c1-14-5-6-18-19(10-25)23(34-20(18)8-14)26-21(30)13-33-24-28-27-22(16-9-15(2)32-12-16)29(24)11-17-4-3-7-31-17/h9,12,14,17H,3-8,11,13H2,1-2H3,(H,26,30). The van der Waals surface area contributed by atoms with Gasteiger partial charge in [-0.1, -0.05) is 18.7 Å². The van der Waals surface area contributed by atoms with E-state index >= 15 is 0 Å². The van der Waals surface area contributed by atoms with Crippen LogP contribution in [-0.4, -0.2) is 39.1 Å². The van der Waals surface area contributed by atoms with Crippen molar-refractivity contribution in [3.63, 3.8) is 0 Å². The number of anilines is 1. The molecule has 0 radical (unpaired) electrons. The Bertz CT molecular complexity index is 1230. The number of thioether (sulfide) groups is 1. The van der Waals surface area contributed by atoms with Gasteiger partial charge in [-0.2, -0.15) is 5.26 Å². The molecule has 1 aliphatic heterocycles. The van der Waals surface area contributed by atoms with Crippen molar-refractivity contribution in [2.45, 2.75) is 63.8 Å². The zero-order valence-electron chi connectivity index (χ0n) is 19.3. The summed E-state index contributed by atoms with van der Waals surface area (Å²) < 4.78 is 7.95. The van der Waals surface area contributed by atoms with Crippen LogP contribution >= 0.6 is 34.4 Å². The number of thiophene rings is 2. The minimum absolute atomic E-state index is 0.132. The molecule has 7 nitrogen and oxygen atoms in total. The van der Waals surface area contributed by atoms with Crippen LogP contribution < -0.4 is 5.32 Å². The second-order valence-electron chi connectivity index (χ2n) is 9.00. The average Bonchev–Trinajstić information content (AvgIpc) is 3.60. The first kappa shape index (κ1) is 23.5. The number of amides is 1. The predicted molar refractivity (Wildman–Crippen MR) is 137 cm³/mol. The molecule has 1 fully saturated rings. The van der Waals surface area contributed by atoms with E-state index in [2.05, 4.69) is 51.4 Å². The van der Waals surface area contributed by atoms with Crippen LogP contribution in [0.1, 0.15) is 47.1 Å². The molecule has 1 amide bonds. The van der Waals surface area contributed by atoms with Gasteiger partial charge < -0.3 is 10.1 Å². The third-order valence-electron chi connectivity index (χ3n) is 6.32. The van der Waals surface area contributed by atoms with Crippen molar-refractivity contribution in [3.8, 4) is 17.5 Å². The summed E-state index contributed by atoms with van der Waals surface area (Å²) in [6, 6.07) is 4.44. The maximum atomic E-state index is 12.9. The highest BCUT2D eigenvalue weighted by molar-refractivity contribution is 7.99. The van der Waals surface area contributed by atoms with Crippen molar-refractivity contribution >= 4 is 45.3 Å². The number of aryl methyl sites for hydroxylation is 1. The Labute approximate surface area is 211 Å². The molecule has 3 aromatic rings. The molecule has 0 bridgehead atoms. The van der Waals surface area contributed by atoms with Gasteiger partial charge in [0, 0.05) is 27.3 Å². The molecule has 4 heterocycles. The molecule has 10 heteroatoms. The van der Waals surface area contributed by atoms with Crippen LogP contribution in [0.5, 0.6) is 0 Å². The van der Waals surface area contributed by atoms with Gasteiger partial charge in [0.2, 0.25) is 5.91 Å². The van der Waals surface area contributed by atoms with Crippen molar-refractivity contribution in [3.05, 3.63) is 32.3 Å². The first-order valence-corrected chi connectivity index (χ1v) is 14.3. The Morgan fingerprint density at radius 3 is 3.03 bits per heavy atom. The van der Waals surface area contributed by atoms with Crippen molar-refractivity contribution in [2.24, 2.45) is 5.92 Å². The molecule has 3 aromatic heterocycles. The van der Waals surface area contributed by atoms with Crippen molar-refractivity contribution in [1.29, 1.82) is 5.26 Å². The smallest absolute Gasteiger partial charge is 0.235 e. The molecule has 1 saturated heterocycles. The molecular formula is C24H27N5O2S3. The van der Waals surface area contributed by atoms with Gasteiger partial charge in [-0.3, -0.25) is 9.36 Å². The van der Waals surface area contributed by atoms with Gasteiger partial charge in [0.1, 0.15) is 11.1 Å². The number of hydrogen-bond acceptors (Lipinski definition) is 8. The zero-order valence-corrected chi connectivity index (χ0v) is 21.7. The van der Waals surface area contributed by atoms with E-state index in [1.807, 2.05) is 0 Å². The van der Waals surface area contributed by atoms with E-state index in [0.29, 0.717) is 28.2 Å². The molecule has 0 spiro atoms. The van der Waals surface area contributed by atoms with Gasteiger partial charge in [-0.05, 0) is 56.6 Å². The Morgan fingerprint density at radius 2 is 2.29 bits per heavy atom. The summed E-state index contributed by atoms with van der Waals surface area (Å²) in [6.45, 7) is 5.78. The third-order valence-corrected chi connectivity index (χ3v) is 9.32. The molecule has 2 atom stereocenters. The molecule has 178 valence electrons. The quantitative estimate of drug-likeness (QED) is 0.432. The number of nitriles is 1. The molecule has 2 aliphatic rings. The highest BCUT2D eigenvalue weighted by Crippen LogP contribution is 2.39. The highest BCUT2D eigenvalue weighted by Gasteiger charge is 2.26. The number of aromatic nitrogens is 3. The lowest BCUT2D eigenvalue weighted by molar-refractivity contribution is -0.113. The molecule has 5 rings (SSSR count). The first-order chi connectivity index (χ1) is 16.5. The first-order valence-electron chi connectivity index (χ1n) is 11.6. The van der Waals surface area contributed by atoms with E-state index in [0.717, 1.165) is 55.7 Å². The fourth-order valence-electron chi connectivity index (χ4n) is 4.58. The fraction of sp³-hybridized carbons (Fsp3) is 0.500. The number of rotatable bonds is 7. The highest BCUT2D eigenvalue weighted by atomic mass is 32.2. The summed E-state index contributed by atoms with van der Waals surface area (Å²) >= 11 is 4.62. The fourth-order valence-corrected chi connectivity index (χ4v) is 7.38. The van der Waals surface area contributed by atoms with Gasteiger partial charge in [-0.15, -0.1) is 32.9 Å². The minimum Gasteiger partial charge on any atom is -0.376 e. The maximum absolute atomic E-state index is 12.9. The van der Waals surface area contributed by atoms with E-state index in [-0.39, 0.29) is 17.8 Å². The number of carbonyl (C=O) groups is 1. The van der Waals surface area contributed by atoms with Crippen molar-refractivity contribution < 1.29 is 9.53 Å². The number of fused-ring (bicyclic) bond motifs is 1. The number of nitrogens with zero attached hydrogens (tertiary/aromatic N) is 4. The van der Waals surface area contributed by atoms with E-state index < -0.39 is 0 Å². The van der Waals surface area contributed by atoms with Crippen LogP contribution in [-0.2, 0) is 28.9 Å². The lowest BCUT2D eigenvalue weighted by atomic mass is 9.89. The van der Waals surface area contributed by atoms with Gasteiger partial charge in [0.05, 0.1) is 24.0 Å². The average molecular weight is 514 g/mol. The summed E-state index contributed by atoms with van der Waals surface area (Å²) in [5.41, 5.74) is 2.81. The summed E-state index contributed by atoms with van der Waals surface area (Å²) in [6.07, 6.45) is 5.21. The second kappa shape index (κ2) is 10.2. The van der Waals surface area contributed by atoms with Crippen molar-refractivity contribution in [2.75, 3.05) is 17.7 Å². The largest absolute Gasteiger partial charge is 0.376 e. The number of ether oxygens (including phenoxy) is 1. The Balaban J connectivity index is 1.31. The Kier molecular flexibility index (Phi) is 7.06.